The smallest absolute Gasteiger partial charge is 0.326 e. The summed E-state index contributed by atoms with van der Waals surface area (Å²) >= 11 is 0. The molecule has 1 aliphatic heterocycles. The van der Waals surface area contributed by atoms with Gasteiger partial charge < -0.3 is 20.4 Å². The molecule has 6 heteroatoms. The van der Waals surface area contributed by atoms with Crippen LogP contribution in [0.2, 0.25) is 0 Å². The summed E-state index contributed by atoms with van der Waals surface area (Å²) in [6.45, 7) is 6.60. The molecule has 0 bridgehead atoms. The van der Waals surface area contributed by atoms with Crippen molar-refractivity contribution in [3.8, 4) is 0 Å². The number of likely N-dealkylation sites (tertiary alicyclic amines) is 1. The summed E-state index contributed by atoms with van der Waals surface area (Å²) in [6, 6.07) is -1.20. The first-order valence-electron chi connectivity index (χ1n) is 6.77. The fourth-order valence-corrected chi connectivity index (χ4v) is 2.30. The van der Waals surface area contributed by atoms with Crippen LogP contribution >= 0.6 is 0 Å². The van der Waals surface area contributed by atoms with Gasteiger partial charge in [0, 0.05) is 19.0 Å². The Morgan fingerprint density at radius 2 is 2.00 bits per heavy atom. The number of urea groups is 1. The predicted molar refractivity (Wildman–Crippen MR) is 70.8 cm³/mol. The second-order valence-electron chi connectivity index (χ2n) is 5.71. The average molecular weight is 272 g/mol. The van der Waals surface area contributed by atoms with Crippen molar-refractivity contribution in [2.45, 2.75) is 45.8 Å². The minimum Gasteiger partial charge on any atom is -0.480 e. The minimum absolute atomic E-state index is 0.0825. The van der Waals surface area contributed by atoms with Crippen LogP contribution in [0.25, 0.3) is 0 Å². The molecular formula is C13H24N2O4. The fourth-order valence-electron chi connectivity index (χ4n) is 2.30. The topological polar surface area (TPSA) is 89.9 Å². The number of carbonyl (C=O) groups excluding carboxylic acids is 1. The second-order valence-corrected chi connectivity index (χ2v) is 5.71. The predicted octanol–water partition coefficient (Wildman–Crippen LogP) is 0.898. The van der Waals surface area contributed by atoms with E-state index in [2.05, 4.69) is 5.32 Å². The highest BCUT2D eigenvalue weighted by atomic mass is 16.4. The number of aliphatic hydroxyl groups excluding tert-OH is 1. The summed E-state index contributed by atoms with van der Waals surface area (Å²) in [5.74, 6) is -0.724. The standard InChI is InChI=1S/C13H24N2O4/c1-8(2)6-11(12(17)18)14-13(19)15-5-4-10(7-15)9(3)16/h8-11,16H,4-7H2,1-3H3,(H,14,19)(H,17,18). The molecule has 2 amide bonds. The van der Waals surface area contributed by atoms with E-state index in [0.717, 1.165) is 6.42 Å². The molecule has 1 aliphatic rings. The number of carbonyl (C=O) groups is 2. The fraction of sp³-hybridized carbons (Fsp3) is 0.846. The quantitative estimate of drug-likeness (QED) is 0.693. The van der Waals surface area contributed by atoms with E-state index in [1.165, 1.54) is 0 Å². The zero-order chi connectivity index (χ0) is 14.6. The van der Waals surface area contributed by atoms with Crippen molar-refractivity contribution in [2.24, 2.45) is 11.8 Å². The number of aliphatic hydroxyl groups is 1. The van der Waals surface area contributed by atoms with Crippen molar-refractivity contribution in [1.82, 2.24) is 10.2 Å². The molecular weight excluding hydrogens is 248 g/mol. The number of carboxylic acids is 1. The summed E-state index contributed by atoms with van der Waals surface area (Å²) in [4.78, 5) is 24.6. The van der Waals surface area contributed by atoms with E-state index >= 15 is 0 Å². The number of nitrogens with one attached hydrogen (secondary N) is 1. The molecule has 0 aliphatic carbocycles. The van der Waals surface area contributed by atoms with Crippen LogP contribution < -0.4 is 5.32 Å². The highest BCUT2D eigenvalue weighted by Gasteiger charge is 2.31. The maximum atomic E-state index is 12.0. The summed E-state index contributed by atoms with van der Waals surface area (Å²) in [5, 5.41) is 21.1. The highest BCUT2D eigenvalue weighted by Crippen LogP contribution is 2.19. The molecule has 1 fully saturated rings. The lowest BCUT2D eigenvalue weighted by molar-refractivity contribution is -0.139. The van der Waals surface area contributed by atoms with Crippen LogP contribution in [0.4, 0.5) is 4.79 Å². The number of nitrogens with zero attached hydrogens (tertiary/aromatic N) is 1. The molecule has 6 nitrogen and oxygen atoms in total. The van der Waals surface area contributed by atoms with Gasteiger partial charge in [0.25, 0.3) is 0 Å². The number of hydrogen-bond donors (Lipinski definition) is 3. The Kier molecular flexibility index (Phi) is 5.60. The van der Waals surface area contributed by atoms with Gasteiger partial charge in [-0.1, -0.05) is 13.8 Å². The van der Waals surface area contributed by atoms with Crippen molar-refractivity contribution in [2.75, 3.05) is 13.1 Å². The van der Waals surface area contributed by atoms with Crippen LogP contribution in [0.5, 0.6) is 0 Å². The molecule has 110 valence electrons. The van der Waals surface area contributed by atoms with E-state index in [1.54, 1.807) is 11.8 Å². The van der Waals surface area contributed by atoms with Gasteiger partial charge in [-0.25, -0.2) is 9.59 Å². The molecule has 3 atom stereocenters. The van der Waals surface area contributed by atoms with Crippen LogP contribution in [0, 0.1) is 11.8 Å². The van der Waals surface area contributed by atoms with Crippen LogP contribution in [-0.2, 0) is 4.79 Å². The molecule has 0 aromatic heterocycles. The Labute approximate surface area is 113 Å². The van der Waals surface area contributed by atoms with Gasteiger partial charge in [0.1, 0.15) is 6.04 Å². The Balaban J connectivity index is 2.51. The van der Waals surface area contributed by atoms with Gasteiger partial charge in [0.2, 0.25) is 0 Å². The van der Waals surface area contributed by atoms with Crippen molar-refractivity contribution in [3.05, 3.63) is 0 Å². The molecule has 0 radical (unpaired) electrons. The van der Waals surface area contributed by atoms with Crippen LogP contribution in [0.1, 0.15) is 33.6 Å². The Morgan fingerprint density at radius 1 is 1.37 bits per heavy atom. The number of hydrogen-bond acceptors (Lipinski definition) is 3. The number of aliphatic carboxylic acids is 1. The van der Waals surface area contributed by atoms with Crippen molar-refractivity contribution >= 4 is 12.0 Å². The largest absolute Gasteiger partial charge is 0.480 e. The van der Waals surface area contributed by atoms with E-state index in [-0.39, 0.29) is 17.9 Å². The van der Waals surface area contributed by atoms with Gasteiger partial charge in [-0.2, -0.15) is 0 Å². The van der Waals surface area contributed by atoms with Crippen LogP contribution in [0.15, 0.2) is 0 Å². The van der Waals surface area contributed by atoms with Crippen molar-refractivity contribution in [3.63, 3.8) is 0 Å². The molecule has 1 rings (SSSR count). The molecule has 0 aromatic rings. The number of amides is 2. The molecule has 0 saturated carbocycles. The van der Waals surface area contributed by atoms with E-state index < -0.39 is 18.1 Å². The molecule has 3 N–H and O–H groups in total. The lowest BCUT2D eigenvalue weighted by atomic mass is 10.0. The molecule has 1 saturated heterocycles. The van der Waals surface area contributed by atoms with Crippen LogP contribution in [-0.4, -0.2) is 52.3 Å². The lowest BCUT2D eigenvalue weighted by Gasteiger charge is -2.22. The molecule has 3 unspecified atom stereocenters. The third-order valence-electron chi connectivity index (χ3n) is 3.50. The summed E-state index contributed by atoms with van der Waals surface area (Å²) in [5.41, 5.74) is 0. The van der Waals surface area contributed by atoms with E-state index in [0.29, 0.717) is 19.5 Å². The Hall–Kier alpha value is -1.30. The van der Waals surface area contributed by atoms with E-state index in [9.17, 15) is 14.7 Å². The molecule has 0 aromatic carbocycles. The molecule has 19 heavy (non-hydrogen) atoms. The normalized spacial score (nSPS) is 22.4. The van der Waals surface area contributed by atoms with Crippen molar-refractivity contribution in [1.29, 1.82) is 0 Å². The third kappa shape index (κ3) is 4.70. The zero-order valence-corrected chi connectivity index (χ0v) is 11.8. The van der Waals surface area contributed by atoms with Gasteiger partial charge in [-0.15, -0.1) is 0 Å². The van der Waals surface area contributed by atoms with Gasteiger partial charge in [0.15, 0.2) is 0 Å². The van der Waals surface area contributed by atoms with E-state index in [1.807, 2.05) is 13.8 Å². The monoisotopic (exact) mass is 272 g/mol. The maximum absolute atomic E-state index is 12.0. The zero-order valence-electron chi connectivity index (χ0n) is 11.8. The average Bonchev–Trinajstić information content (AvgIpc) is 2.76. The van der Waals surface area contributed by atoms with Gasteiger partial charge in [0.05, 0.1) is 6.10 Å². The second kappa shape index (κ2) is 6.75. The van der Waals surface area contributed by atoms with Gasteiger partial charge in [-0.05, 0) is 25.7 Å². The molecule has 0 spiro atoms. The highest BCUT2D eigenvalue weighted by molar-refractivity contribution is 5.82. The summed E-state index contributed by atoms with van der Waals surface area (Å²) in [7, 11) is 0. The van der Waals surface area contributed by atoms with E-state index in [4.69, 9.17) is 5.11 Å². The third-order valence-corrected chi connectivity index (χ3v) is 3.50. The number of rotatable bonds is 5. The van der Waals surface area contributed by atoms with Crippen LogP contribution in [0.3, 0.4) is 0 Å². The van der Waals surface area contributed by atoms with Gasteiger partial charge >= 0.3 is 12.0 Å². The summed E-state index contributed by atoms with van der Waals surface area (Å²) < 4.78 is 0. The maximum Gasteiger partial charge on any atom is 0.326 e. The first-order chi connectivity index (χ1) is 8.81. The van der Waals surface area contributed by atoms with Crippen molar-refractivity contribution < 1.29 is 19.8 Å². The first-order valence-corrected chi connectivity index (χ1v) is 6.77. The molecule has 1 heterocycles. The van der Waals surface area contributed by atoms with Gasteiger partial charge in [-0.3, -0.25) is 0 Å². The Morgan fingerprint density at radius 3 is 2.42 bits per heavy atom. The Bertz CT molecular complexity index is 331. The summed E-state index contributed by atoms with van der Waals surface area (Å²) in [6.07, 6.45) is 0.727. The SMILES string of the molecule is CC(C)CC(NC(=O)N1CCC(C(C)O)C1)C(=O)O. The minimum atomic E-state index is -1.01. The number of carboxylic acid groups (broad SMARTS) is 1. The lowest BCUT2D eigenvalue weighted by Crippen LogP contribution is -2.48. The first kappa shape index (κ1) is 15.8.